The smallest absolute Gasteiger partial charge is 0.244 e. The van der Waals surface area contributed by atoms with Crippen LogP contribution < -0.4 is 10.5 Å². The minimum atomic E-state index is -3.67. The van der Waals surface area contributed by atoms with E-state index >= 15 is 0 Å². The molecule has 0 bridgehead atoms. The number of nitrogen functional groups attached to an aromatic ring is 1. The molecule has 1 aromatic rings. The van der Waals surface area contributed by atoms with Gasteiger partial charge in [-0.05, 0) is 12.1 Å². The molecule has 1 rings (SSSR count). The summed E-state index contributed by atoms with van der Waals surface area (Å²) in [6.07, 6.45) is 1.42. The highest BCUT2D eigenvalue weighted by Crippen LogP contribution is 2.13. The predicted octanol–water partition coefficient (Wildman–Crippen LogP) is -0.289. The number of nitrogens with two attached hydrogens (primary N) is 1. The van der Waals surface area contributed by atoms with Gasteiger partial charge in [0.05, 0.1) is 0 Å². The van der Waals surface area contributed by atoms with Crippen LogP contribution in [0.3, 0.4) is 0 Å². The van der Waals surface area contributed by atoms with Gasteiger partial charge in [-0.25, -0.2) is 18.1 Å². The van der Waals surface area contributed by atoms with E-state index in [0.29, 0.717) is 5.75 Å². The quantitative estimate of drug-likeness (QED) is 0.744. The Bertz CT molecular complexity index is 502. The van der Waals surface area contributed by atoms with Gasteiger partial charge in [0, 0.05) is 35.0 Å². The second-order valence-corrected chi connectivity index (χ2v) is 6.82. The first kappa shape index (κ1) is 14.1. The number of pyridine rings is 1. The third-order valence-electron chi connectivity index (χ3n) is 2.03. The maximum Gasteiger partial charge on any atom is 0.244 e. The highest BCUT2D eigenvalue weighted by molar-refractivity contribution is 7.89. The van der Waals surface area contributed by atoms with Gasteiger partial charge in [-0.1, -0.05) is 6.92 Å². The second-order valence-electron chi connectivity index (χ2n) is 3.22. The van der Waals surface area contributed by atoms with E-state index in [2.05, 4.69) is 9.71 Å². The van der Waals surface area contributed by atoms with Crippen molar-refractivity contribution in [2.75, 3.05) is 23.8 Å². The van der Waals surface area contributed by atoms with Gasteiger partial charge in [0.1, 0.15) is 10.7 Å². The van der Waals surface area contributed by atoms with Crippen LogP contribution in [0, 0.1) is 0 Å². The van der Waals surface area contributed by atoms with E-state index in [1.54, 1.807) is 6.92 Å². The molecule has 0 aliphatic carbocycles. The molecule has 96 valence electrons. The topological polar surface area (TPSA) is 102 Å². The molecule has 0 saturated heterocycles. The Labute approximate surface area is 103 Å². The van der Waals surface area contributed by atoms with Crippen molar-refractivity contribution >= 4 is 26.6 Å². The van der Waals surface area contributed by atoms with Crippen LogP contribution in [0.2, 0.25) is 0 Å². The van der Waals surface area contributed by atoms with Crippen molar-refractivity contribution in [2.24, 2.45) is 0 Å². The van der Waals surface area contributed by atoms with Gasteiger partial charge in [-0.15, -0.1) is 0 Å². The second kappa shape index (κ2) is 6.08. The molecular weight excluding hydrogens is 262 g/mol. The Morgan fingerprint density at radius 2 is 2.24 bits per heavy atom. The number of hydrogen-bond acceptors (Lipinski definition) is 5. The van der Waals surface area contributed by atoms with Gasteiger partial charge in [0.25, 0.3) is 0 Å². The summed E-state index contributed by atoms with van der Waals surface area (Å²) in [6.45, 7) is 1.90. The molecule has 3 N–H and O–H groups in total. The van der Waals surface area contributed by atoms with E-state index < -0.39 is 20.8 Å². The Hall–Kier alpha value is -0.990. The first-order valence-electron chi connectivity index (χ1n) is 5.02. The summed E-state index contributed by atoms with van der Waals surface area (Å²) in [5.41, 5.74) is 5.47. The maximum atomic E-state index is 11.8. The van der Waals surface area contributed by atoms with Crippen LogP contribution in [0.5, 0.6) is 0 Å². The molecule has 1 heterocycles. The molecule has 1 atom stereocenters. The van der Waals surface area contributed by atoms with Crippen LogP contribution >= 0.6 is 0 Å². The number of nitrogens with zero attached hydrogens (tertiary/aromatic N) is 1. The average Bonchev–Trinajstić information content (AvgIpc) is 2.28. The number of hydrogen-bond donors (Lipinski definition) is 2. The number of nitrogens with one attached hydrogen (secondary N) is 1. The number of sulfonamides is 1. The van der Waals surface area contributed by atoms with E-state index in [9.17, 15) is 12.6 Å². The van der Waals surface area contributed by atoms with Crippen LogP contribution in [0.25, 0.3) is 0 Å². The van der Waals surface area contributed by atoms with Crippen molar-refractivity contribution in [3.63, 3.8) is 0 Å². The number of anilines is 1. The molecule has 0 spiro atoms. The van der Waals surface area contributed by atoms with Gasteiger partial charge < -0.3 is 5.73 Å². The first-order chi connectivity index (χ1) is 7.97. The zero-order valence-electron chi connectivity index (χ0n) is 9.42. The van der Waals surface area contributed by atoms with Gasteiger partial charge >= 0.3 is 0 Å². The van der Waals surface area contributed by atoms with Crippen LogP contribution in [0.1, 0.15) is 6.92 Å². The van der Waals surface area contributed by atoms with E-state index in [0.717, 1.165) is 0 Å². The first-order valence-corrected chi connectivity index (χ1v) is 7.99. The Kier molecular flexibility index (Phi) is 5.03. The Balaban J connectivity index is 2.70. The van der Waals surface area contributed by atoms with Crippen LogP contribution in [0.15, 0.2) is 23.2 Å². The lowest BCUT2D eigenvalue weighted by Crippen LogP contribution is -2.29. The molecule has 17 heavy (non-hydrogen) atoms. The van der Waals surface area contributed by atoms with Crippen molar-refractivity contribution in [1.29, 1.82) is 0 Å². The molecule has 0 radical (unpaired) electrons. The molecular formula is C9H15N3O3S2. The molecule has 8 heteroatoms. The third-order valence-corrected chi connectivity index (χ3v) is 4.84. The lowest BCUT2D eigenvalue weighted by atomic mass is 10.5. The minimum Gasteiger partial charge on any atom is -0.383 e. The SMILES string of the molecule is CCS(=O)CCNS(=O)(=O)c1cccnc1N. The summed E-state index contributed by atoms with van der Waals surface area (Å²) < 4.78 is 37.1. The monoisotopic (exact) mass is 277 g/mol. The fourth-order valence-electron chi connectivity index (χ4n) is 1.14. The van der Waals surface area contributed by atoms with Gasteiger partial charge in [-0.3, -0.25) is 4.21 Å². The summed E-state index contributed by atoms with van der Waals surface area (Å²) in [4.78, 5) is 3.65. The minimum absolute atomic E-state index is 0.0448. The third kappa shape index (κ3) is 4.06. The van der Waals surface area contributed by atoms with E-state index in [1.807, 2.05) is 0 Å². The van der Waals surface area contributed by atoms with Crippen molar-refractivity contribution < 1.29 is 12.6 Å². The largest absolute Gasteiger partial charge is 0.383 e. The standard InChI is InChI=1S/C9H15N3O3S2/c1-2-16(13)7-6-12-17(14,15)8-4-3-5-11-9(8)10/h3-5,12H,2,6-7H2,1H3,(H2,10,11). The Morgan fingerprint density at radius 3 is 2.82 bits per heavy atom. The van der Waals surface area contributed by atoms with Crippen LogP contribution in [0.4, 0.5) is 5.82 Å². The van der Waals surface area contributed by atoms with Gasteiger partial charge in [0.15, 0.2) is 0 Å². The van der Waals surface area contributed by atoms with Crippen molar-refractivity contribution in [3.05, 3.63) is 18.3 Å². The molecule has 1 unspecified atom stereocenters. The van der Waals surface area contributed by atoms with Crippen molar-refractivity contribution in [1.82, 2.24) is 9.71 Å². The summed E-state index contributed by atoms with van der Waals surface area (Å²) in [5.74, 6) is 0.753. The van der Waals surface area contributed by atoms with Crippen molar-refractivity contribution in [2.45, 2.75) is 11.8 Å². The lowest BCUT2D eigenvalue weighted by Gasteiger charge is -2.07. The predicted molar refractivity (Wildman–Crippen MR) is 67.4 cm³/mol. The summed E-state index contributed by atoms with van der Waals surface area (Å²) in [5, 5.41) is 0. The van der Waals surface area contributed by atoms with E-state index in [-0.39, 0.29) is 23.0 Å². The molecule has 6 nitrogen and oxygen atoms in total. The zero-order chi connectivity index (χ0) is 12.9. The fourth-order valence-corrected chi connectivity index (χ4v) is 3.00. The number of aromatic nitrogens is 1. The molecule has 0 fully saturated rings. The highest BCUT2D eigenvalue weighted by atomic mass is 32.2. The average molecular weight is 277 g/mol. The zero-order valence-corrected chi connectivity index (χ0v) is 11.1. The van der Waals surface area contributed by atoms with Gasteiger partial charge in [0.2, 0.25) is 10.0 Å². The molecule has 1 aromatic heterocycles. The van der Waals surface area contributed by atoms with E-state index in [1.165, 1.54) is 18.3 Å². The molecule has 0 amide bonds. The fraction of sp³-hybridized carbons (Fsp3) is 0.444. The molecule has 0 aliphatic rings. The van der Waals surface area contributed by atoms with E-state index in [4.69, 9.17) is 5.73 Å². The van der Waals surface area contributed by atoms with Crippen LogP contribution in [-0.2, 0) is 20.8 Å². The summed E-state index contributed by atoms with van der Waals surface area (Å²) in [6, 6.07) is 2.87. The highest BCUT2D eigenvalue weighted by Gasteiger charge is 2.17. The summed E-state index contributed by atoms with van der Waals surface area (Å²) in [7, 11) is -4.66. The lowest BCUT2D eigenvalue weighted by molar-refractivity contribution is 0.584. The Morgan fingerprint density at radius 1 is 1.53 bits per heavy atom. The normalized spacial score (nSPS) is 13.5. The van der Waals surface area contributed by atoms with Crippen LogP contribution in [-0.4, -0.2) is 35.7 Å². The van der Waals surface area contributed by atoms with Crippen molar-refractivity contribution in [3.8, 4) is 0 Å². The molecule has 0 aromatic carbocycles. The summed E-state index contributed by atoms with van der Waals surface area (Å²) >= 11 is 0. The number of rotatable bonds is 6. The maximum absolute atomic E-state index is 11.8. The van der Waals surface area contributed by atoms with Gasteiger partial charge in [-0.2, -0.15) is 0 Å². The molecule has 0 saturated carbocycles. The molecule has 0 aliphatic heterocycles.